The van der Waals surface area contributed by atoms with Gasteiger partial charge in [0.15, 0.2) is 0 Å². The van der Waals surface area contributed by atoms with Crippen molar-refractivity contribution in [1.29, 1.82) is 5.26 Å². The van der Waals surface area contributed by atoms with Crippen LogP contribution in [0.3, 0.4) is 0 Å². The van der Waals surface area contributed by atoms with Gasteiger partial charge in [-0.25, -0.2) is 4.98 Å². The minimum absolute atomic E-state index is 0.323. The molecule has 0 fully saturated rings. The number of para-hydroxylation sites is 2. The Morgan fingerprint density at radius 1 is 1.27 bits per heavy atom. The number of nitriles is 1. The fraction of sp³-hybridized carbons (Fsp3) is 0.381. The number of imidazole rings is 1. The average molecular weight is 345 g/mol. The van der Waals surface area contributed by atoms with Crippen LogP contribution >= 0.6 is 0 Å². The van der Waals surface area contributed by atoms with E-state index in [-0.39, 0.29) is 0 Å². The summed E-state index contributed by atoms with van der Waals surface area (Å²) < 4.78 is 2.19. The minimum Gasteiger partial charge on any atom is -0.326 e. The summed E-state index contributed by atoms with van der Waals surface area (Å²) in [6.45, 7) is 1.43. The second-order valence-electron chi connectivity index (χ2n) is 6.95. The molecule has 3 aromatic rings. The number of fused-ring (bicyclic) bond motifs is 2. The van der Waals surface area contributed by atoms with Gasteiger partial charge in [-0.1, -0.05) is 18.2 Å². The van der Waals surface area contributed by atoms with Crippen molar-refractivity contribution in [1.82, 2.24) is 19.4 Å². The standard InChI is InChI=1S/C21H23N5/c1-25(19-11-4-7-16-8-5-13-23-21(16)19)15-20-24-17-9-2-3-10-18(17)26(20)14-6-12-22/h2-3,5,8-10,13,19H,4,6-7,11,14-15H2,1H3. The van der Waals surface area contributed by atoms with Crippen LogP contribution in [0.5, 0.6) is 0 Å². The second-order valence-corrected chi connectivity index (χ2v) is 6.95. The van der Waals surface area contributed by atoms with Crippen molar-refractivity contribution in [3.63, 3.8) is 0 Å². The molecule has 1 atom stereocenters. The van der Waals surface area contributed by atoms with Gasteiger partial charge in [0.25, 0.3) is 0 Å². The molecule has 1 aromatic carbocycles. The molecule has 2 heterocycles. The Morgan fingerprint density at radius 3 is 3.04 bits per heavy atom. The first-order chi connectivity index (χ1) is 12.8. The maximum Gasteiger partial charge on any atom is 0.124 e. The molecule has 0 spiro atoms. The van der Waals surface area contributed by atoms with Crippen molar-refractivity contribution in [3.05, 3.63) is 59.7 Å². The molecule has 5 nitrogen and oxygen atoms in total. The number of nitrogens with zero attached hydrogens (tertiary/aromatic N) is 5. The Balaban J connectivity index is 1.64. The second kappa shape index (κ2) is 7.27. The number of aromatic nitrogens is 3. The van der Waals surface area contributed by atoms with Crippen molar-refractivity contribution >= 4 is 11.0 Å². The lowest BCUT2D eigenvalue weighted by Gasteiger charge is -2.32. The van der Waals surface area contributed by atoms with Crippen molar-refractivity contribution < 1.29 is 0 Å². The Labute approximate surface area is 153 Å². The van der Waals surface area contributed by atoms with E-state index in [1.54, 1.807) is 0 Å². The third-order valence-electron chi connectivity index (χ3n) is 5.27. The molecule has 2 aromatic heterocycles. The minimum atomic E-state index is 0.323. The molecule has 132 valence electrons. The molecule has 4 rings (SSSR count). The van der Waals surface area contributed by atoms with Gasteiger partial charge in [-0.15, -0.1) is 0 Å². The van der Waals surface area contributed by atoms with E-state index in [1.807, 2.05) is 30.5 Å². The molecule has 1 unspecified atom stereocenters. The number of aryl methyl sites for hydroxylation is 2. The quantitative estimate of drug-likeness (QED) is 0.705. The van der Waals surface area contributed by atoms with Crippen LogP contribution in [0, 0.1) is 11.3 Å². The molecule has 0 N–H and O–H groups in total. The van der Waals surface area contributed by atoms with E-state index in [0.717, 1.165) is 36.2 Å². The molecule has 1 aliphatic carbocycles. The maximum atomic E-state index is 9.02. The SMILES string of the molecule is CN(Cc1nc2ccccc2n1CCC#N)C1CCCc2cccnc21. The van der Waals surface area contributed by atoms with Gasteiger partial charge in [-0.2, -0.15) is 5.26 Å². The molecule has 0 bridgehead atoms. The Kier molecular flexibility index (Phi) is 4.68. The van der Waals surface area contributed by atoms with E-state index in [0.29, 0.717) is 19.0 Å². The summed E-state index contributed by atoms with van der Waals surface area (Å²) in [4.78, 5) is 11.9. The topological polar surface area (TPSA) is 57.7 Å². The van der Waals surface area contributed by atoms with Crippen molar-refractivity contribution in [2.24, 2.45) is 0 Å². The van der Waals surface area contributed by atoms with Crippen LogP contribution in [-0.2, 0) is 19.5 Å². The van der Waals surface area contributed by atoms with Crippen LogP contribution in [0.25, 0.3) is 11.0 Å². The Morgan fingerprint density at radius 2 is 2.15 bits per heavy atom. The van der Waals surface area contributed by atoms with E-state index >= 15 is 0 Å². The van der Waals surface area contributed by atoms with Crippen molar-refractivity contribution in [2.75, 3.05) is 7.05 Å². The lowest BCUT2D eigenvalue weighted by molar-refractivity contribution is 0.201. The molecule has 1 aliphatic rings. The predicted molar refractivity (Wildman–Crippen MR) is 101 cm³/mol. The number of hydrogen-bond donors (Lipinski definition) is 0. The summed E-state index contributed by atoms with van der Waals surface area (Å²) >= 11 is 0. The van der Waals surface area contributed by atoms with Crippen LogP contribution in [0.4, 0.5) is 0 Å². The molecule has 0 radical (unpaired) electrons. The van der Waals surface area contributed by atoms with Gasteiger partial charge < -0.3 is 4.57 Å². The molecule has 0 saturated carbocycles. The van der Waals surface area contributed by atoms with E-state index < -0.39 is 0 Å². The zero-order valence-electron chi connectivity index (χ0n) is 15.1. The van der Waals surface area contributed by atoms with E-state index in [4.69, 9.17) is 10.2 Å². The van der Waals surface area contributed by atoms with Crippen molar-refractivity contribution in [3.8, 4) is 6.07 Å². The monoisotopic (exact) mass is 345 g/mol. The van der Waals surface area contributed by atoms with Gasteiger partial charge in [0.2, 0.25) is 0 Å². The fourth-order valence-corrected chi connectivity index (χ4v) is 4.00. The highest BCUT2D eigenvalue weighted by molar-refractivity contribution is 5.75. The van der Waals surface area contributed by atoms with Gasteiger partial charge >= 0.3 is 0 Å². The third-order valence-corrected chi connectivity index (χ3v) is 5.27. The van der Waals surface area contributed by atoms with Gasteiger partial charge in [0, 0.05) is 12.7 Å². The van der Waals surface area contributed by atoms with Crippen molar-refractivity contribution in [2.45, 2.75) is 44.8 Å². The molecule has 0 saturated heterocycles. The molecule has 26 heavy (non-hydrogen) atoms. The molecular weight excluding hydrogens is 322 g/mol. The number of pyridine rings is 1. The molecule has 5 heteroatoms. The predicted octanol–water partition coefficient (Wildman–Crippen LogP) is 3.85. The van der Waals surface area contributed by atoms with E-state index in [1.165, 1.54) is 17.7 Å². The fourth-order valence-electron chi connectivity index (χ4n) is 4.00. The largest absolute Gasteiger partial charge is 0.326 e. The van der Waals surface area contributed by atoms with Gasteiger partial charge in [-0.05, 0) is 50.1 Å². The van der Waals surface area contributed by atoms with E-state index in [2.05, 4.69) is 39.7 Å². The van der Waals surface area contributed by atoms with Gasteiger partial charge in [0.05, 0.1) is 41.8 Å². The summed E-state index contributed by atoms with van der Waals surface area (Å²) in [5, 5.41) is 9.02. The summed E-state index contributed by atoms with van der Waals surface area (Å²) in [5.74, 6) is 1.02. The first kappa shape index (κ1) is 16.7. The smallest absolute Gasteiger partial charge is 0.124 e. The highest BCUT2D eigenvalue weighted by Crippen LogP contribution is 2.32. The summed E-state index contributed by atoms with van der Waals surface area (Å²) in [6.07, 6.45) is 5.82. The normalized spacial score (nSPS) is 16.6. The molecule has 0 amide bonds. The number of rotatable bonds is 5. The average Bonchev–Trinajstić information content (AvgIpc) is 3.02. The van der Waals surface area contributed by atoms with Gasteiger partial charge in [0.1, 0.15) is 5.82 Å². The first-order valence-electron chi connectivity index (χ1n) is 9.23. The summed E-state index contributed by atoms with van der Waals surface area (Å²) in [7, 11) is 2.16. The van der Waals surface area contributed by atoms with E-state index in [9.17, 15) is 0 Å². The number of benzene rings is 1. The zero-order valence-corrected chi connectivity index (χ0v) is 15.1. The highest BCUT2D eigenvalue weighted by Gasteiger charge is 2.26. The van der Waals surface area contributed by atoms with Crippen LogP contribution in [0.15, 0.2) is 42.6 Å². The van der Waals surface area contributed by atoms with Gasteiger partial charge in [-0.3, -0.25) is 9.88 Å². The molecular formula is C21H23N5. The lowest BCUT2D eigenvalue weighted by atomic mass is 9.91. The number of hydrogen-bond acceptors (Lipinski definition) is 4. The Bertz CT molecular complexity index is 952. The maximum absolute atomic E-state index is 9.02. The lowest BCUT2D eigenvalue weighted by Crippen LogP contribution is -2.29. The van der Waals surface area contributed by atoms with Crippen LogP contribution in [-0.4, -0.2) is 26.5 Å². The van der Waals surface area contributed by atoms with Crippen LogP contribution in [0.2, 0.25) is 0 Å². The third kappa shape index (κ3) is 3.09. The molecule has 0 aliphatic heterocycles. The van der Waals surface area contributed by atoms with Crippen LogP contribution < -0.4 is 0 Å². The summed E-state index contributed by atoms with van der Waals surface area (Å²) in [5.41, 5.74) is 4.68. The van der Waals surface area contributed by atoms with Crippen LogP contribution in [0.1, 0.15) is 42.4 Å². The first-order valence-corrected chi connectivity index (χ1v) is 9.23. The zero-order chi connectivity index (χ0) is 17.9. The Hall–Kier alpha value is -2.71. The highest BCUT2D eigenvalue weighted by atomic mass is 15.2. The summed E-state index contributed by atoms with van der Waals surface area (Å²) in [6, 6.07) is 15.0.